The molecule has 1 aliphatic heterocycles. The van der Waals surface area contributed by atoms with Gasteiger partial charge in [-0.1, -0.05) is 35.9 Å². The SMILES string of the molecule is O=S(=O)(c1cccc(Cl)c1F)N1CCc2c(ccnc2Nc2cnc3ccccc3c2)C1. The van der Waals surface area contributed by atoms with Gasteiger partial charge in [-0.15, -0.1) is 0 Å². The lowest BCUT2D eigenvalue weighted by atomic mass is 10.0. The number of nitrogens with zero attached hydrogens (tertiary/aromatic N) is 3. The predicted molar refractivity (Wildman–Crippen MR) is 122 cm³/mol. The number of hydrogen-bond donors (Lipinski definition) is 1. The molecule has 4 aromatic rings. The van der Waals surface area contributed by atoms with E-state index in [1.807, 2.05) is 30.3 Å². The molecule has 2 aromatic heterocycles. The molecule has 32 heavy (non-hydrogen) atoms. The summed E-state index contributed by atoms with van der Waals surface area (Å²) in [7, 11) is -4.03. The topological polar surface area (TPSA) is 75.2 Å². The van der Waals surface area contributed by atoms with E-state index in [0.717, 1.165) is 27.7 Å². The zero-order valence-corrected chi connectivity index (χ0v) is 18.4. The molecular formula is C23H18ClFN4O2S. The highest BCUT2D eigenvalue weighted by Crippen LogP contribution is 2.32. The maximum atomic E-state index is 14.4. The van der Waals surface area contributed by atoms with Gasteiger partial charge in [-0.3, -0.25) is 4.98 Å². The second-order valence-electron chi connectivity index (χ2n) is 7.48. The van der Waals surface area contributed by atoms with Gasteiger partial charge in [-0.2, -0.15) is 4.31 Å². The van der Waals surface area contributed by atoms with Gasteiger partial charge in [0.1, 0.15) is 10.7 Å². The van der Waals surface area contributed by atoms with E-state index in [1.165, 1.54) is 22.5 Å². The third-order valence-electron chi connectivity index (χ3n) is 5.50. The van der Waals surface area contributed by atoms with Gasteiger partial charge >= 0.3 is 0 Å². The summed E-state index contributed by atoms with van der Waals surface area (Å²) < 4.78 is 41.8. The number of anilines is 2. The van der Waals surface area contributed by atoms with Crippen LogP contribution >= 0.6 is 11.6 Å². The Morgan fingerprint density at radius 2 is 1.91 bits per heavy atom. The molecule has 0 saturated heterocycles. The molecular weight excluding hydrogens is 451 g/mol. The summed E-state index contributed by atoms with van der Waals surface area (Å²) in [6, 6.07) is 15.6. The predicted octanol–water partition coefficient (Wildman–Crippen LogP) is 4.91. The van der Waals surface area contributed by atoms with Crippen molar-refractivity contribution in [2.75, 3.05) is 11.9 Å². The molecule has 1 N–H and O–H groups in total. The van der Waals surface area contributed by atoms with E-state index in [4.69, 9.17) is 11.6 Å². The molecule has 6 nitrogen and oxygen atoms in total. The first-order valence-corrected chi connectivity index (χ1v) is 11.8. The minimum atomic E-state index is -4.03. The quantitative estimate of drug-likeness (QED) is 0.460. The number of sulfonamides is 1. The third kappa shape index (κ3) is 3.70. The fraction of sp³-hybridized carbons (Fsp3) is 0.130. The summed E-state index contributed by atoms with van der Waals surface area (Å²) >= 11 is 5.79. The Labute approximate surface area is 189 Å². The highest BCUT2D eigenvalue weighted by atomic mass is 35.5. The first-order valence-electron chi connectivity index (χ1n) is 9.96. The Bertz CT molecular complexity index is 1450. The van der Waals surface area contributed by atoms with E-state index in [0.29, 0.717) is 12.2 Å². The molecule has 0 spiro atoms. The Morgan fingerprint density at radius 3 is 2.78 bits per heavy atom. The fourth-order valence-electron chi connectivity index (χ4n) is 3.88. The molecule has 0 aliphatic carbocycles. The van der Waals surface area contributed by atoms with Crippen molar-refractivity contribution in [2.45, 2.75) is 17.9 Å². The van der Waals surface area contributed by atoms with Crippen molar-refractivity contribution in [3.05, 3.63) is 89.0 Å². The molecule has 0 fully saturated rings. The number of pyridine rings is 2. The lowest BCUT2D eigenvalue weighted by molar-refractivity contribution is 0.388. The normalized spacial score (nSPS) is 14.3. The van der Waals surface area contributed by atoms with E-state index in [-0.39, 0.29) is 18.1 Å². The van der Waals surface area contributed by atoms with Crippen LogP contribution in [-0.4, -0.2) is 29.2 Å². The van der Waals surface area contributed by atoms with Crippen molar-refractivity contribution in [1.29, 1.82) is 0 Å². The molecule has 1 aliphatic rings. The largest absolute Gasteiger partial charge is 0.339 e. The van der Waals surface area contributed by atoms with Crippen LogP contribution in [0.1, 0.15) is 11.1 Å². The number of rotatable bonds is 4. The molecule has 0 amide bonds. The molecule has 0 atom stereocenters. The van der Waals surface area contributed by atoms with Crippen molar-refractivity contribution < 1.29 is 12.8 Å². The number of halogens is 2. The fourth-order valence-corrected chi connectivity index (χ4v) is 5.61. The van der Waals surface area contributed by atoms with Crippen LogP contribution in [0.25, 0.3) is 10.9 Å². The standard InChI is InChI=1S/C23H18ClFN4O2S/c24-19-5-3-7-21(22(19)25)32(30,31)29-11-9-18-16(14-29)8-10-26-23(18)28-17-12-15-4-1-2-6-20(15)27-13-17/h1-8,10,12-13H,9,11,14H2,(H,26,28). The average Bonchev–Trinajstić information content (AvgIpc) is 2.80. The van der Waals surface area contributed by atoms with Crippen LogP contribution in [0.15, 0.2) is 71.9 Å². The van der Waals surface area contributed by atoms with E-state index in [1.54, 1.807) is 18.5 Å². The van der Waals surface area contributed by atoms with Crippen LogP contribution in [0.2, 0.25) is 5.02 Å². The molecule has 0 radical (unpaired) electrons. The summed E-state index contributed by atoms with van der Waals surface area (Å²) in [6.45, 7) is 0.328. The minimum Gasteiger partial charge on any atom is -0.339 e. The maximum absolute atomic E-state index is 14.4. The smallest absolute Gasteiger partial charge is 0.246 e. The highest BCUT2D eigenvalue weighted by Gasteiger charge is 2.32. The minimum absolute atomic E-state index is 0.122. The number of fused-ring (bicyclic) bond motifs is 2. The van der Waals surface area contributed by atoms with Crippen LogP contribution in [0.5, 0.6) is 0 Å². The zero-order valence-electron chi connectivity index (χ0n) is 16.8. The Balaban J connectivity index is 1.44. The molecule has 5 rings (SSSR count). The van der Waals surface area contributed by atoms with Crippen LogP contribution in [0, 0.1) is 5.82 Å². The number of nitrogens with one attached hydrogen (secondary N) is 1. The maximum Gasteiger partial charge on any atom is 0.246 e. The Morgan fingerprint density at radius 1 is 1.06 bits per heavy atom. The van der Waals surface area contributed by atoms with Crippen LogP contribution in [-0.2, 0) is 23.0 Å². The van der Waals surface area contributed by atoms with Gasteiger partial charge in [0.2, 0.25) is 10.0 Å². The number of hydrogen-bond acceptors (Lipinski definition) is 5. The highest BCUT2D eigenvalue weighted by molar-refractivity contribution is 7.89. The van der Waals surface area contributed by atoms with Crippen molar-refractivity contribution >= 4 is 44.0 Å². The second kappa shape index (κ2) is 8.12. The van der Waals surface area contributed by atoms with Crippen molar-refractivity contribution in [3.8, 4) is 0 Å². The lowest BCUT2D eigenvalue weighted by Crippen LogP contribution is -2.36. The van der Waals surface area contributed by atoms with Gasteiger partial charge in [0, 0.05) is 30.2 Å². The summed E-state index contributed by atoms with van der Waals surface area (Å²) in [5, 5.41) is 4.09. The zero-order chi connectivity index (χ0) is 22.3. The Kier molecular flexibility index (Phi) is 5.28. The number of para-hydroxylation sites is 1. The van der Waals surface area contributed by atoms with Gasteiger partial charge in [-0.05, 0) is 42.3 Å². The van der Waals surface area contributed by atoms with Gasteiger partial charge in [0.25, 0.3) is 0 Å². The molecule has 0 saturated carbocycles. The van der Waals surface area contributed by atoms with E-state index < -0.39 is 20.7 Å². The molecule has 162 valence electrons. The monoisotopic (exact) mass is 468 g/mol. The lowest BCUT2D eigenvalue weighted by Gasteiger charge is -2.29. The van der Waals surface area contributed by atoms with Crippen LogP contribution in [0.3, 0.4) is 0 Å². The Hall–Kier alpha value is -3.07. The first kappa shape index (κ1) is 20.8. The van der Waals surface area contributed by atoms with E-state index in [9.17, 15) is 12.8 Å². The van der Waals surface area contributed by atoms with Crippen LogP contribution < -0.4 is 5.32 Å². The van der Waals surface area contributed by atoms with Crippen molar-refractivity contribution in [3.63, 3.8) is 0 Å². The van der Waals surface area contributed by atoms with Gasteiger partial charge in [0.05, 0.1) is 22.4 Å². The molecule has 3 heterocycles. The molecule has 0 bridgehead atoms. The van der Waals surface area contributed by atoms with E-state index >= 15 is 0 Å². The first-order chi connectivity index (χ1) is 15.4. The van der Waals surface area contributed by atoms with Gasteiger partial charge in [0.15, 0.2) is 5.82 Å². The third-order valence-corrected chi connectivity index (χ3v) is 7.65. The summed E-state index contributed by atoms with van der Waals surface area (Å²) in [5.74, 6) is -0.272. The van der Waals surface area contributed by atoms with Gasteiger partial charge in [-0.25, -0.2) is 17.8 Å². The molecule has 0 unspecified atom stereocenters. The van der Waals surface area contributed by atoms with Crippen molar-refractivity contribution in [2.24, 2.45) is 0 Å². The molecule has 9 heteroatoms. The van der Waals surface area contributed by atoms with Crippen molar-refractivity contribution in [1.82, 2.24) is 14.3 Å². The number of aromatic nitrogens is 2. The number of benzene rings is 2. The second-order valence-corrected chi connectivity index (χ2v) is 9.79. The summed E-state index contributed by atoms with van der Waals surface area (Å²) in [6.07, 6.45) is 3.81. The average molecular weight is 469 g/mol. The summed E-state index contributed by atoms with van der Waals surface area (Å²) in [5.41, 5.74) is 3.43. The summed E-state index contributed by atoms with van der Waals surface area (Å²) in [4.78, 5) is 8.50. The van der Waals surface area contributed by atoms with Gasteiger partial charge < -0.3 is 5.32 Å². The van der Waals surface area contributed by atoms with Crippen LogP contribution in [0.4, 0.5) is 15.9 Å². The molecule has 2 aromatic carbocycles. The van der Waals surface area contributed by atoms with E-state index in [2.05, 4.69) is 15.3 Å².